The summed E-state index contributed by atoms with van der Waals surface area (Å²) in [7, 11) is 1.49. The lowest BCUT2D eigenvalue weighted by molar-refractivity contribution is -0.131. The van der Waals surface area contributed by atoms with Gasteiger partial charge in [0.15, 0.2) is 11.5 Å². The Bertz CT molecular complexity index is 1100. The third-order valence-electron chi connectivity index (χ3n) is 6.14. The third-order valence-corrected chi connectivity index (χ3v) is 6.14. The molecule has 8 heteroatoms. The number of hydrogen-bond acceptors (Lipinski definition) is 7. The number of fused-ring (bicyclic) bond motifs is 1. The second kappa shape index (κ2) is 7.64. The van der Waals surface area contributed by atoms with E-state index in [0.717, 1.165) is 5.56 Å². The van der Waals surface area contributed by atoms with Gasteiger partial charge in [0.05, 0.1) is 32.0 Å². The Morgan fingerprint density at radius 1 is 1.03 bits per heavy atom. The predicted octanol–water partition coefficient (Wildman–Crippen LogP) is 2.62. The van der Waals surface area contributed by atoms with Crippen molar-refractivity contribution in [2.75, 3.05) is 7.11 Å². The molecule has 4 N–H and O–H groups in total. The second-order valence-corrected chi connectivity index (χ2v) is 7.80. The van der Waals surface area contributed by atoms with Crippen LogP contribution in [0.15, 0.2) is 65.3 Å². The number of hydrogen-bond donors (Lipinski definition) is 4. The fraction of sp³-hybridized carbons (Fsp3) is 0.261. The van der Waals surface area contributed by atoms with E-state index in [1.165, 1.54) is 7.11 Å². The number of phenols is 2. The first-order chi connectivity index (χ1) is 15.1. The maximum absolute atomic E-state index is 13.4. The Labute approximate surface area is 179 Å². The molecule has 31 heavy (non-hydrogen) atoms. The van der Waals surface area contributed by atoms with Crippen molar-refractivity contribution in [2.24, 2.45) is 5.92 Å². The molecule has 1 aromatic heterocycles. The van der Waals surface area contributed by atoms with Crippen LogP contribution in [-0.2, 0) is 11.3 Å². The van der Waals surface area contributed by atoms with Crippen molar-refractivity contribution in [3.05, 3.63) is 77.7 Å². The normalized spacial score (nSPS) is 25.1. The zero-order chi connectivity index (χ0) is 21.5. The quantitative estimate of drug-likeness (QED) is 0.502. The van der Waals surface area contributed by atoms with Gasteiger partial charge in [0.1, 0.15) is 17.6 Å². The molecule has 3 heterocycles. The molecule has 2 saturated heterocycles. The largest absolute Gasteiger partial charge is 0.508 e. The molecule has 0 spiro atoms. The number of benzene rings is 2. The number of ether oxygens (including phenoxy) is 1. The number of nitrogens with one attached hydrogen (secondary N) is 2. The number of phenolic OH excluding ortho intramolecular Hbond substituents is 2. The zero-order valence-electron chi connectivity index (χ0n) is 16.9. The number of para-hydroxylation sites is 1. The first kappa shape index (κ1) is 19.5. The number of methoxy groups -OCH3 is 1. The summed E-state index contributed by atoms with van der Waals surface area (Å²) in [5, 5.41) is 20.5. The van der Waals surface area contributed by atoms with Crippen molar-refractivity contribution in [3.63, 3.8) is 0 Å². The molecule has 0 saturated carbocycles. The molecule has 1 amide bonds. The molecule has 0 aliphatic carbocycles. The Morgan fingerprint density at radius 2 is 1.84 bits per heavy atom. The van der Waals surface area contributed by atoms with Crippen LogP contribution < -0.4 is 15.6 Å². The van der Waals surface area contributed by atoms with Crippen LogP contribution in [0.5, 0.6) is 17.2 Å². The van der Waals surface area contributed by atoms with Crippen molar-refractivity contribution in [1.82, 2.24) is 15.8 Å². The van der Waals surface area contributed by atoms with Gasteiger partial charge in [-0.3, -0.25) is 4.79 Å². The summed E-state index contributed by atoms with van der Waals surface area (Å²) in [6.07, 6.45) is 1.58. The van der Waals surface area contributed by atoms with E-state index in [-0.39, 0.29) is 35.4 Å². The van der Waals surface area contributed by atoms with E-state index >= 15 is 0 Å². The number of nitrogens with zero attached hydrogens (tertiary/aromatic N) is 1. The van der Waals surface area contributed by atoms with E-state index in [1.807, 2.05) is 18.2 Å². The fourth-order valence-corrected chi connectivity index (χ4v) is 4.74. The van der Waals surface area contributed by atoms with Gasteiger partial charge < -0.3 is 24.3 Å². The molecule has 8 nitrogen and oxygen atoms in total. The van der Waals surface area contributed by atoms with Gasteiger partial charge in [0.25, 0.3) is 0 Å². The number of carbonyl (C=O) groups is 1. The number of furan rings is 1. The number of hydrazine groups is 1. The zero-order valence-corrected chi connectivity index (χ0v) is 16.9. The van der Waals surface area contributed by atoms with Gasteiger partial charge in [-0.1, -0.05) is 24.3 Å². The van der Waals surface area contributed by atoms with E-state index in [4.69, 9.17) is 9.15 Å². The molecular weight excluding hydrogens is 398 g/mol. The molecule has 3 aromatic rings. The molecule has 160 valence electrons. The van der Waals surface area contributed by atoms with Crippen molar-refractivity contribution >= 4 is 5.91 Å². The van der Waals surface area contributed by atoms with E-state index in [9.17, 15) is 15.0 Å². The Morgan fingerprint density at radius 3 is 2.58 bits per heavy atom. The van der Waals surface area contributed by atoms with Crippen molar-refractivity contribution in [1.29, 1.82) is 0 Å². The number of aromatic hydroxyl groups is 2. The van der Waals surface area contributed by atoms with Crippen molar-refractivity contribution in [3.8, 4) is 17.2 Å². The smallest absolute Gasteiger partial charge is 0.242 e. The molecule has 2 fully saturated rings. The lowest BCUT2D eigenvalue weighted by Gasteiger charge is -2.31. The van der Waals surface area contributed by atoms with Gasteiger partial charge in [-0.05, 0) is 35.9 Å². The lowest BCUT2D eigenvalue weighted by Crippen LogP contribution is -2.41. The summed E-state index contributed by atoms with van der Waals surface area (Å²) in [4.78, 5) is 15.2. The van der Waals surface area contributed by atoms with E-state index in [1.54, 1.807) is 47.6 Å². The van der Waals surface area contributed by atoms with Gasteiger partial charge in [0, 0.05) is 11.5 Å². The topological polar surface area (TPSA) is 107 Å². The van der Waals surface area contributed by atoms with Crippen molar-refractivity contribution in [2.45, 2.75) is 24.7 Å². The highest BCUT2D eigenvalue weighted by molar-refractivity contribution is 5.86. The SMILES string of the molecule is COc1cc(C2C3C(NNC3c3ccccc3O)C(=O)N2Cc2ccco2)ccc1O. The Hall–Kier alpha value is -3.49. The first-order valence-corrected chi connectivity index (χ1v) is 10.1. The van der Waals surface area contributed by atoms with Crippen LogP contribution in [0, 0.1) is 5.92 Å². The van der Waals surface area contributed by atoms with Crippen LogP contribution in [-0.4, -0.2) is 34.2 Å². The Balaban J connectivity index is 1.61. The number of carbonyl (C=O) groups excluding carboxylic acids is 1. The molecule has 4 unspecified atom stereocenters. The van der Waals surface area contributed by atoms with E-state index in [0.29, 0.717) is 23.6 Å². The highest BCUT2D eigenvalue weighted by Crippen LogP contribution is 2.49. The highest BCUT2D eigenvalue weighted by Gasteiger charge is 2.56. The van der Waals surface area contributed by atoms with Gasteiger partial charge in [-0.2, -0.15) is 0 Å². The number of likely N-dealkylation sites (tertiary alicyclic amines) is 1. The third kappa shape index (κ3) is 3.20. The lowest BCUT2D eigenvalue weighted by atomic mass is 9.83. The molecular formula is C23H23N3O5. The maximum Gasteiger partial charge on any atom is 0.242 e. The molecule has 2 aliphatic rings. The van der Waals surface area contributed by atoms with Crippen LogP contribution in [0.3, 0.4) is 0 Å². The average Bonchev–Trinajstić information content (AvgIpc) is 3.49. The van der Waals surface area contributed by atoms with Crippen LogP contribution in [0.4, 0.5) is 0 Å². The van der Waals surface area contributed by atoms with Crippen LogP contribution >= 0.6 is 0 Å². The summed E-state index contributed by atoms with van der Waals surface area (Å²) in [6, 6.07) is 14.7. The van der Waals surface area contributed by atoms with Gasteiger partial charge in [-0.15, -0.1) is 0 Å². The molecule has 0 bridgehead atoms. The van der Waals surface area contributed by atoms with Gasteiger partial charge >= 0.3 is 0 Å². The first-order valence-electron chi connectivity index (χ1n) is 10.1. The summed E-state index contributed by atoms with van der Waals surface area (Å²) in [6.45, 7) is 0.307. The Kier molecular flexibility index (Phi) is 4.80. The number of rotatable bonds is 5. The minimum absolute atomic E-state index is 0.0321. The molecule has 2 aromatic carbocycles. The predicted molar refractivity (Wildman–Crippen MR) is 111 cm³/mol. The van der Waals surface area contributed by atoms with Gasteiger partial charge in [0.2, 0.25) is 5.91 Å². The highest BCUT2D eigenvalue weighted by atomic mass is 16.5. The summed E-state index contributed by atoms with van der Waals surface area (Å²) in [5.74, 6) is 0.931. The van der Waals surface area contributed by atoms with Crippen LogP contribution in [0.1, 0.15) is 29.0 Å². The fourth-order valence-electron chi connectivity index (χ4n) is 4.74. The van der Waals surface area contributed by atoms with Crippen LogP contribution in [0.2, 0.25) is 0 Å². The monoisotopic (exact) mass is 421 g/mol. The molecule has 2 aliphatic heterocycles. The molecule has 4 atom stereocenters. The maximum atomic E-state index is 13.4. The van der Waals surface area contributed by atoms with Crippen LogP contribution in [0.25, 0.3) is 0 Å². The van der Waals surface area contributed by atoms with Crippen molar-refractivity contribution < 1.29 is 24.2 Å². The standard InChI is InChI=1S/C23H23N3O5/c1-30-18-11-13(8-9-17(18)28)22-19-20(15-6-2-3-7-16(15)27)24-25-21(19)23(29)26(22)12-14-5-4-10-31-14/h2-11,19-22,24-25,27-28H,12H2,1H3. The van der Waals surface area contributed by atoms with Gasteiger partial charge in [-0.25, -0.2) is 10.9 Å². The summed E-state index contributed by atoms with van der Waals surface area (Å²) in [5.41, 5.74) is 7.87. The minimum atomic E-state index is -0.482. The second-order valence-electron chi connectivity index (χ2n) is 7.80. The average molecular weight is 421 g/mol. The molecule has 0 radical (unpaired) electrons. The summed E-state index contributed by atoms with van der Waals surface area (Å²) < 4.78 is 10.8. The van der Waals surface area contributed by atoms with E-state index in [2.05, 4.69) is 10.9 Å². The summed E-state index contributed by atoms with van der Waals surface area (Å²) >= 11 is 0. The molecule has 5 rings (SSSR count). The minimum Gasteiger partial charge on any atom is -0.508 e. The van der Waals surface area contributed by atoms with E-state index < -0.39 is 6.04 Å². The number of amides is 1.